The minimum atomic E-state index is -0.383. The third kappa shape index (κ3) is 5.17. The quantitative estimate of drug-likeness (QED) is 0.435. The van der Waals surface area contributed by atoms with E-state index in [0.29, 0.717) is 29.5 Å². The highest BCUT2D eigenvalue weighted by molar-refractivity contribution is 6.05. The number of hydrogen-bond donors (Lipinski definition) is 2. The lowest BCUT2D eigenvalue weighted by Gasteiger charge is -2.11. The second-order valence-electron chi connectivity index (χ2n) is 7.02. The molecule has 4 rings (SSSR count). The predicted molar refractivity (Wildman–Crippen MR) is 128 cm³/mol. The van der Waals surface area contributed by atoms with E-state index in [2.05, 4.69) is 32.4 Å². The molecule has 0 bridgehead atoms. The van der Waals surface area contributed by atoms with Gasteiger partial charge in [0.15, 0.2) is 0 Å². The van der Waals surface area contributed by atoms with Crippen LogP contribution in [0.1, 0.15) is 13.8 Å². The number of ether oxygens (including phenoxy) is 1. The Labute approximate surface area is 190 Å². The lowest BCUT2D eigenvalue weighted by molar-refractivity contribution is -0.111. The predicted octanol–water partition coefficient (Wildman–Crippen LogP) is 4.31. The van der Waals surface area contributed by atoms with E-state index in [-0.39, 0.29) is 11.5 Å². The molecule has 0 saturated heterocycles. The fourth-order valence-corrected chi connectivity index (χ4v) is 3.20. The van der Waals surface area contributed by atoms with Gasteiger partial charge in [0.1, 0.15) is 23.6 Å². The van der Waals surface area contributed by atoms with Gasteiger partial charge in [0.2, 0.25) is 0 Å². The first-order valence-corrected chi connectivity index (χ1v) is 10.3. The summed E-state index contributed by atoms with van der Waals surface area (Å²) in [6.45, 7) is 4.12. The van der Waals surface area contributed by atoms with Crippen LogP contribution in [0.4, 0.5) is 17.2 Å². The van der Waals surface area contributed by atoms with Crippen LogP contribution in [0.25, 0.3) is 10.9 Å². The molecule has 164 valence electrons. The molecule has 8 heteroatoms. The number of carbonyl (C=O) groups is 1. The maximum absolute atomic E-state index is 12.0. The molecule has 0 radical (unpaired) electrons. The molecule has 4 aromatic rings. The van der Waals surface area contributed by atoms with Crippen LogP contribution in [-0.4, -0.2) is 20.4 Å². The molecule has 0 aliphatic rings. The summed E-state index contributed by atoms with van der Waals surface area (Å²) in [5.74, 6) is 6.31. The van der Waals surface area contributed by atoms with Crippen LogP contribution in [0.15, 0.2) is 71.9 Å². The summed E-state index contributed by atoms with van der Waals surface area (Å²) in [7, 11) is 0. The van der Waals surface area contributed by atoms with Crippen LogP contribution in [0.2, 0.25) is 0 Å². The normalized spacial score (nSPS) is 10.2. The standard InChI is InChI=1S/C25H21N5O3/c1-3-5-23(31)28-18-8-11-22-21(14-18)25(27-16-26-22)29-17-6-9-19(10-7-17)33-20-12-13-30(4-2)24(32)15-20/h6-16H,4H2,1-2H3,(H,28,31)(H,26,27,29). The number of benzene rings is 2. The van der Waals surface area contributed by atoms with Crippen molar-refractivity contribution in [1.29, 1.82) is 0 Å². The van der Waals surface area contributed by atoms with Gasteiger partial charge in [-0.25, -0.2) is 9.97 Å². The van der Waals surface area contributed by atoms with Gasteiger partial charge in [-0.2, -0.15) is 0 Å². The van der Waals surface area contributed by atoms with Gasteiger partial charge in [0.05, 0.1) is 5.52 Å². The Morgan fingerprint density at radius 2 is 1.82 bits per heavy atom. The van der Waals surface area contributed by atoms with Crippen molar-refractivity contribution in [3.8, 4) is 23.3 Å². The molecule has 0 atom stereocenters. The van der Waals surface area contributed by atoms with Crippen molar-refractivity contribution >= 4 is 34.0 Å². The molecule has 2 aromatic heterocycles. The van der Waals surface area contributed by atoms with E-state index in [4.69, 9.17) is 4.74 Å². The first-order valence-electron chi connectivity index (χ1n) is 10.3. The zero-order valence-electron chi connectivity index (χ0n) is 18.1. The van der Waals surface area contributed by atoms with Crippen LogP contribution in [-0.2, 0) is 11.3 Å². The number of nitrogens with zero attached hydrogens (tertiary/aromatic N) is 3. The van der Waals surface area contributed by atoms with E-state index in [1.807, 2.05) is 19.1 Å². The van der Waals surface area contributed by atoms with Crippen LogP contribution in [0.3, 0.4) is 0 Å². The number of aromatic nitrogens is 3. The first-order chi connectivity index (χ1) is 16.1. The van der Waals surface area contributed by atoms with Gasteiger partial charge in [0.25, 0.3) is 11.5 Å². The molecule has 2 aromatic carbocycles. The number of rotatable bonds is 6. The van der Waals surface area contributed by atoms with Crippen molar-refractivity contribution in [1.82, 2.24) is 14.5 Å². The highest BCUT2D eigenvalue weighted by atomic mass is 16.5. The Morgan fingerprint density at radius 3 is 2.55 bits per heavy atom. The van der Waals surface area contributed by atoms with Crippen LogP contribution < -0.4 is 20.9 Å². The number of carbonyl (C=O) groups excluding carboxylic acids is 1. The summed E-state index contributed by atoms with van der Waals surface area (Å²) in [6.07, 6.45) is 3.18. The Morgan fingerprint density at radius 1 is 1.03 bits per heavy atom. The molecule has 33 heavy (non-hydrogen) atoms. The number of nitrogens with one attached hydrogen (secondary N) is 2. The van der Waals surface area contributed by atoms with Crippen LogP contribution in [0.5, 0.6) is 11.5 Å². The third-order valence-corrected chi connectivity index (χ3v) is 4.79. The molecule has 0 fully saturated rings. The lowest BCUT2D eigenvalue weighted by Crippen LogP contribution is -2.16. The van der Waals surface area contributed by atoms with Crippen LogP contribution in [0, 0.1) is 11.8 Å². The number of pyridine rings is 1. The van der Waals surface area contributed by atoms with E-state index in [1.54, 1.807) is 54.1 Å². The smallest absolute Gasteiger partial charge is 0.300 e. The highest BCUT2D eigenvalue weighted by Gasteiger charge is 2.08. The summed E-state index contributed by atoms with van der Waals surface area (Å²) >= 11 is 0. The highest BCUT2D eigenvalue weighted by Crippen LogP contribution is 2.27. The van der Waals surface area contributed by atoms with E-state index < -0.39 is 0 Å². The second kappa shape index (κ2) is 9.66. The number of fused-ring (bicyclic) bond motifs is 1. The first kappa shape index (κ1) is 21.6. The van der Waals surface area contributed by atoms with Gasteiger partial charge in [0, 0.05) is 35.6 Å². The van der Waals surface area contributed by atoms with E-state index in [0.717, 1.165) is 16.6 Å². The monoisotopic (exact) mass is 439 g/mol. The van der Waals surface area contributed by atoms with Crippen molar-refractivity contribution < 1.29 is 9.53 Å². The van der Waals surface area contributed by atoms with Gasteiger partial charge in [-0.15, -0.1) is 0 Å². The van der Waals surface area contributed by atoms with Gasteiger partial charge >= 0.3 is 0 Å². The average Bonchev–Trinajstić information content (AvgIpc) is 2.81. The molecular weight excluding hydrogens is 418 g/mol. The maximum atomic E-state index is 12.0. The van der Waals surface area contributed by atoms with Gasteiger partial charge < -0.3 is 19.9 Å². The zero-order valence-corrected chi connectivity index (χ0v) is 18.1. The Balaban J connectivity index is 1.53. The zero-order chi connectivity index (χ0) is 23.2. The van der Waals surface area contributed by atoms with E-state index in [1.165, 1.54) is 12.4 Å². The molecular formula is C25H21N5O3. The maximum Gasteiger partial charge on any atom is 0.300 e. The molecule has 2 N–H and O–H groups in total. The van der Waals surface area contributed by atoms with Gasteiger partial charge in [-0.3, -0.25) is 9.59 Å². The van der Waals surface area contributed by atoms with E-state index in [9.17, 15) is 9.59 Å². The summed E-state index contributed by atoms with van der Waals surface area (Å²) in [4.78, 5) is 32.4. The number of anilines is 3. The van der Waals surface area contributed by atoms with Crippen molar-refractivity contribution in [3.05, 3.63) is 77.5 Å². The molecule has 2 heterocycles. The average molecular weight is 439 g/mol. The van der Waals surface area contributed by atoms with Crippen molar-refractivity contribution in [2.24, 2.45) is 0 Å². The second-order valence-corrected chi connectivity index (χ2v) is 7.02. The number of aryl methyl sites for hydroxylation is 1. The minimum Gasteiger partial charge on any atom is -0.457 e. The van der Waals surface area contributed by atoms with Crippen molar-refractivity contribution in [2.75, 3.05) is 10.6 Å². The molecule has 0 unspecified atom stereocenters. The van der Waals surface area contributed by atoms with Crippen molar-refractivity contribution in [3.63, 3.8) is 0 Å². The van der Waals surface area contributed by atoms with Crippen molar-refractivity contribution in [2.45, 2.75) is 20.4 Å². The minimum absolute atomic E-state index is 0.110. The van der Waals surface area contributed by atoms with Crippen LogP contribution >= 0.6 is 0 Å². The summed E-state index contributed by atoms with van der Waals surface area (Å²) in [5, 5.41) is 6.75. The molecule has 0 spiro atoms. The Bertz CT molecular complexity index is 1430. The SMILES string of the molecule is CC#CC(=O)Nc1ccc2ncnc(Nc3ccc(Oc4ccn(CC)c(=O)c4)cc3)c2c1. The third-order valence-electron chi connectivity index (χ3n) is 4.79. The fourth-order valence-electron chi connectivity index (χ4n) is 3.20. The topological polar surface area (TPSA) is 98.1 Å². The number of amides is 1. The van der Waals surface area contributed by atoms with E-state index >= 15 is 0 Å². The molecule has 0 saturated carbocycles. The molecule has 0 aliphatic heterocycles. The Hall–Kier alpha value is -4.64. The lowest BCUT2D eigenvalue weighted by atomic mass is 10.2. The summed E-state index contributed by atoms with van der Waals surface area (Å²) in [5.41, 5.74) is 2.01. The Kier molecular flexibility index (Phi) is 6.32. The molecule has 0 aliphatic carbocycles. The largest absolute Gasteiger partial charge is 0.457 e. The van der Waals surface area contributed by atoms with Gasteiger partial charge in [-0.05, 0) is 68.3 Å². The summed E-state index contributed by atoms with van der Waals surface area (Å²) in [6, 6.07) is 15.9. The molecule has 1 amide bonds. The number of hydrogen-bond acceptors (Lipinski definition) is 6. The summed E-state index contributed by atoms with van der Waals surface area (Å²) < 4.78 is 7.39. The van der Waals surface area contributed by atoms with Gasteiger partial charge in [-0.1, -0.05) is 5.92 Å². The molecule has 8 nitrogen and oxygen atoms in total. The fraction of sp³-hybridized carbons (Fsp3) is 0.120.